The van der Waals surface area contributed by atoms with Gasteiger partial charge in [-0.15, -0.1) is 0 Å². The lowest BCUT2D eigenvalue weighted by Crippen LogP contribution is -2.71. The number of nitrogens with two attached hydrogens (primary N) is 2. The van der Waals surface area contributed by atoms with Crippen molar-refractivity contribution in [3.8, 4) is 22.3 Å². The monoisotopic (exact) mass is 347 g/mol. The van der Waals surface area contributed by atoms with Gasteiger partial charge in [-0.3, -0.25) is 5.32 Å². The topological polar surface area (TPSA) is 42.6 Å². The highest BCUT2D eigenvalue weighted by atomic mass is 14.9. The minimum absolute atomic E-state index is 0.0732. The van der Waals surface area contributed by atoms with E-state index in [1.807, 2.05) is 0 Å². The molecule has 4 aromatic carbocycles. The van der Waals surface area contributed by atoms with Crippen LogP contribution in [0.25, 0.3) is 22.3 Å². The molecular weight excluding hydrogens is 316 g/mol. The van der Waals surface area contributed by atoms with Gasteiger partial charge in [-0.2, -0.15) is 0 Å². The Morgan fingerprint density at radius 3 is 1.73 bits per heavy atom. The number of quaternary nitrogens is 1. The first-order chi connectivity index (χ1) is 17.0. The maximum atomic E-state index is 8.48. The minimum Gasteiger partial charge on any atom is -0.394 e. The predicted molar refractivity (Wildman–Crippen MR) is 109 cm³/mol. The summed E-state index contributed by atoms with van der Waals surface area (Å²) in [6.07, 6.45) is 0. The fourth-order valence-electron chi connectivity index (χ4n) is 2.72. The number of hydrogen-bond donors (Lipinski definition) is 2. The van der Waals surface area contributed by atoms with E-state index in [2.05, 4.69) is 0 Å². The second-order valence-electron chi connectivity index (χ2n) is 5.54. The van der Waals surface area contributed by atoms with Gasteiger partial charge in [0.2, 0.25) is 0 Å². The van der Waals surface area contributed by atoms with Crippen LogP contribution >= 0.6 is 0 Å². The van der Waals surface area contributed by atoms with Crippen molar-refractivity contribution in [3.05, 3.63) is 103 Å². The Morgan fingerprint density at radius 2 is 1.19 bits per heavy atom. The summed E-state index contributed by atoms with van der Waals surface area (Å²) in [5.74, 6) is 0. The zero-order valence-electron chi connectivity index (χ0n) is 23.7. The molecule has 0 amide bonds. The first-order valence-corrected chi connectivity index (χ1v) is 7.94. The SMILES string of the molecule is [2H]c1c([2H])c([2H])c(-c2cccc(-c3c([2H])c([2H])c([2H])c([2H])c3[2H])c2[NH2+]c2ccccc2N)c([2H])c1[2H]. The molecule has 126 valence electrons. The third-order valence-electron chi connectivity index (χ3n) is 3.94. The molecule has 26 heavy (non-hydrogen) atoms. The number of nitrogen functional groups attached to an aromatic ring is 1. The second-order valence-corrected chi connectivity index (χ2v) is 5.54. The van der Waals surface area contributed by atoms with Crippen molar-refractivity contribution in [1.29, 1.82) is 0 Å². The molecule has 0 bridgehead atoms. The molecule has 0 saturated heterocycles. The molecule has 0 aromatic heterocycles. The van der Waals surface area contributed by atoms with E-state index in [1.165, 1.54) is 0 Å². The maximum Gasteiger partial charge on any atom is 0.157 e. The summed E-state index contributed by atoms with van der Waals surface area (Å²) >= 11 is 0. The van der Waals surface area contributed by atoms with Gasteiger partial charge in [0.25, 0.3) is 0 Å². The quantitative estimate of drug-likeness (QED) is 0.494. The normalized spacial score (nSPS) is 16.0. The first-order valence-electron chi connectivity index (χ1n) is 12.9. The van der Waals surface area contributed by atoms with E-state index in [0.29, 0.717) is 17.1 Å². The molecule has 0 radical (unpaired) electrons. The highest BCUT2D eigenvalue weighted by Gasteiger charge is 2.17. The van der Waals surface area contributed by atoms with Crippen molar-refractivity contribution in [1.82, 2.24) is 0 Å². The predicted octanol–water partition coefficient (Wildman–Crippen LogP) is 5.13. The summed E-state index contributed by atoms with van der Waals surface area (Å²) in [5.41, 5.74) is 7.73. The van der Waals surface area contributed by atoms with Crippen LogP contribution in [-0.4, -0.2) is 0 Å². The Morgan fingerprint density at radius 1 is 0.654 bits per heavy atom. The van der Waals surface area contributed by atoms with Crippen LogP contribution in [0.2, 0.25) is 0 Å². The molecule has 0 fully saturated rings. The van der Waals surface area contributed by atoms with Crippen LogP contribution in [0.1, 0.15) is 13.7 Å². The first kappa shape index (κ1) is 8.35. The van der Waals surface area contributed by atoms with E-state index in [1.54, 1.807) is 47.8 Å². The summed E-state index contributed by atoms with van der Waals surface area (Å²) in [5, 5.41) is 1.63. The van der Waals surface area contributed by atoms with Crippen LogP contribution in [0.4, 0.5) is 17.1 Å². The van der Waals surface area contributed by atoms with Gasteiger partial charge in [-0.05, 0) is 29.3 Å². The van der Waals surface area contributed by atoms with Gasteiger partial charge in [0.15, 0.2) is 5.69 Å². The molecule has 0 aliphatic carbocycles. The maximum absolute atomic E-state index is 8.48. The Kier molecular flexibility index (Phi) is 2.33. The Bertz CT molecular complexity index is 1390. The lowest BCUT2D eigenvalue weighted by Gasteiger charge is -2.14. The zero-order valence-corrected chi connectivity index (χ0v) is 13.7. The van der Waals surface area contributed by atoms with E-state index >= 15 is 0 Å². The number of hydrogen-bond acceptors (Lipinski definition) is 1. The third-order valence-corrected chi connectivity index (χ3v) is 3.94. The lowest BCUT2D eigenvalue weighted by molar-refractivity contribution is -0.476. The summed E-state index contributed by atoms with van der Waals surface area (Å²) in [6, 6.07) is 6.78. The smallest absolute Gasteiger partial charge is 0.157 e. The molecule has 2 nitrogen and oxygen atoms in total. The zero-order chi connectivity index (χ0) is 26.5. The van der Waals surface area contributed by atoms with E-state index in [-0.39, 0.29) is 22.3 Å². The van der Waals surface area contributed by atoms with Gasteiger partial charge in [0, 0.05) is 17.2 Å². The summed E-state index contributed by atoms with van der Waals surface area (Å²) in [7, 11) is 0. The van der Waals surface area contributed by atoms with Gasteiger partial charge in [0.05, 0.1) is 19.4 Å². The highest BCUT2D eigenvalue weighted by Crippen LogP contribution is 2.34. The Hall–Kier alpha value is -3.36. The highest BCUT2D eigenvalue weighted by molar-refractivity contribution is 5.86. The molecule has 0 aliphatic heterocycles. The molecule has 0 heterocycles. The van der Waals surface area contributed by atoms with E-state index < -0.39 is 60.4 Å². The molecule has 0 saturated carbocycles. The molecule has 0 unspecified atom stereocenters. The molecule has 4 aromatic rings. The number of para-hydroxylation sites is 3. The Labute approximate surface area is 168 Å². The molecule has 0 atom stereocenters. The number of benzene rings is 4. The molecule has 0 spiro atoms. The van der Waals surface area contributed by atoms with Crippen molar-refractivity contribution in [2.24, 2.45) is 0 Å². The van der Waals surface area contributed by atoms with E-state index in [9.17, 15) is 0 Å². The Balaban J connectivity index is 2.15. The van der Waals surface area contributed by atoms with Crippen molar-refractivity contribution < 1.29 is 19.0 Å². The average Bonchev–Trinajstić information content (AvgIpc) is 2.86. The molecule has 0 aliphatic rings. The van der Waals surface area contributed by atoms with Gasteiger partial charge in [-0.25, -0.2) is 0 Å². The van der Waals surface area contributed by atoms with E-state index in [4.69, 9.17) is 19.4 Å². The standard InChI is InChI=1S/C24H20N2/c25-22-16-7-8-17-23(22)26-24-20(18-10-3-1-4-11-18)14-9-15-21(24)19-12-5-2-6-13-19/h1-17,26H,25H2/p+1/i1D,2D,3D,4D,5D,6D,10D,11D,12D,13D. The van der Waals surface area contributed by atoms with Crippen molar-refractivity contribution in [2.45, 2.75) is 0 Å². The van der Waals surface area contributed by atoms with Crippen molar-refractivity contribution >= 4 is 17.1 Å². The van der Waals surface area contributed by atoms with Gasteiger partial charge >= 0.3 is 0 Å². The van der Waals surface area contributed by atoms with Crippen LogP contribution in [0, 0.1) is 0 Å². The molecule has 4 N–H and O–H groups in total. The molecule has 4 rings (SSSR count). The number of rotatable bonds is 4. The van der Waals surface area contributed by atoms with Crippen LogP contribution in [0.3, 0.4) is 0 Å². The van der Waals surface area contributed by atoms with E-state index in [0.717, 1.165) is 0 Å². The second kappa shape index (κ2) is 7.26. The van der Waals surface area contributed by atoms with Gasteiger partial charge in [-0.1, -0.05) is 78.6 Å². The average molecular weight is 348 g/mol. The fraction of sp³-hybridized carbons (Fsp3) is 0. The lowest BCUT2D eigenvalue weighted by atomic mass is 9.95. The van der Waals surface area contributed by atoms with Crippen molar-refractivity contribution in [2.75, 3.05) is 5.73 Å². The number of anilines is 1. The van der Waals surface area contributed by atoms with Gasteiger partial charge < -0.3 is 5.73 Å². The molecular formula is C24H21N2+. The third kappa shape index (κ3) is 3.23. The van der Waals surface area contributed by atoms with Crippen LogP contribution in [-0.2, 0) is 0 Å². The summed E-state index contributed by atoms with van der Waals surface area (Å²) in [4.78, 5) is 0. The van der Waals surface area contributed by atoms with Crippen LogP contribution < -0.4 is 11.1 Å². The largest absolute Gasteiger partial charge is 0.394 e. The summed E-state index contributed by atoms with van der Waals surface area (Å²) in [6.45, 7) is 0. The van der Waals surface area contributed by atoms with Crippen LogP contribution in [0.5, 0.6) is 0 Å². The van der Waals surface area contributed by atoms with Crippen LogP contribution in [0.15, 0.2) is 103 Å². The minimum atomic E-state index is -0.534. The van der Waals surface area contributed by atoms with Crippen molar-refractivity contribution in [3.63, 3.8) is 0 Å². The molecule has 2 heteroatoms. The fourth-order valence-corrected chi connectivity index (χ4v) is 2.72. The van der Waals surface area contributed by atoms with Gasteiger partial charge in [0.1, 0.15) is 5.69 Å². The summed E-state index contributed by atoms with van der Waals surface area (Å²) < 4.78 is 82.2.